The molecule has 0 saturated heterocycles. The molecule has 0 N–H and O–H groups in total. The Morgan fingerprint density at radius 1 is 0.973 bits per heavy atom. The van der Waals surface area contributed by atoms with Crippen LogP contribution >= 0.6 is 0 Å². The van der Waals surface area contributed by atoms with Gasteiger partial charge in [-0.3, -0.25) is 14.7 Å². The number of anilines is 1. The van der Waals surface area contributed by atoms with E-state index in [4.69, 9.17) is 4.98 Å². The first-order chi connectivity index (χ1) is 18.0. The molecular formula is C32H32FN3O. The second-order valence-electron chi connectivity index (χ2n) is 9.77. The van der Waals surface area contributed by atoms with Crippen molar-refractivity contribution in [2.24, 2.45) is 0 Å². The standard InChI is InChI=1S/C32H32FN3O/c1-3-29(24-9-5-4-6-10-24)30-18-13-23(20-34-30)21-36(28-16-14-27(33)15-17-28)32(37)31-19-25-11-7-8-12-26(25)22-35(31)2/h4-18,20,29,31H,3,19,21-22H2,1-2H3. The van der Waals surface area contributed by atoms with Crippen LogP contribution in [0.15, 0.2) is 97.2 Å². The summed E-state index contributed by atoms with van der Waals surface area (Å²) in [4.78, 5) is 22.6. The van der Waals surface area contributed by atoms with Gasteiger partial charge < -0.3 is 4.90 Å². The summed E-state index contributed by atoms with van der Waals surface area (Å²) in [5.41, 5.74) is 6.33. The van der Waals surface area contributed by atoms with Gasteiger partial charge in [-0.1, -0.05) is 67.6 Å². The molecule has 5 heteroatoms. The van der Waals surface area contributed by atoms with E-state index in [0.29, 0.717) is 18.7 Å². The molecule has 2 unspecified atom stereocenters. The van der Waals surface area contributed by atoms with Crippen molar-refractivity contribution < 1.29 is 9.18 Å². The Hall–Kier alpha value is -3.83. The molecule has 0 aliphatic carbocycles. The molecule has 0 radical (unpaired) electrons. The zero-order valence-corrected chi connectivity index (χ0v) is 21.3. The number of rotatable bonds is 7. The molecule has 0 spiro atoms. The summed E-state index contributed by atoms with van der Waals surface area (Å²) >= 11 is 0. The second-order valence-corrected chi connectivity index (χ2v) is 9.77. The molecule has 4 aromatic rings. The average molecular weight is 494 g/mol. The van der Waals surface area contributed by atoms with Gasteiger partial charge >= 0.3 is 0 Å². The number of pyridine rings is 1. The first kappa shape index (κ1) is 24.8. The van der Waals surface area contributed by atoms with Crippen molar-refractivity contribution >= 4 is 11.6 Å². The third-order valence-corrected chi connectivity index (χ3v) is 7.33. The van der Waals surface area contributed by atoms with Gasteiger partial charge in [0.15, 0.2) is 0 Å². The van der Waals surface area contributed by atoms with Crippen molar-refractivity contribution in [2.45, 2.75) is 44.8 Å². The zero-order valence-electron chi connectivity index (χ0n) is 21.3. The summed E-state index contributed by atoms with van der Waals surface area (Å²) in [7, 11) is 1.99. The Labute approximate surface area is 218 Å². The molecular weight excluding hydrogens is 461 g/mol. The molecule has 0 bridgehead atoms. The molecule has 1 aromatic heterocycles. The Bertz CT molecular complexity index is 1340. The summed E-state index contributed by atoms with van der Waals surface area (Å²) in [5, 5.41) is 0. The van der Waals surface area contributed by atoms with Crippen LogP contribution < -0.4 is 4.90 Å². The number of carbonyl (C=O) groups excluding carboxylic acids is 1. The first-order valence-corrected chi connectivity index (χ1v) is 12.9. The average Bonchev–Trinajstić information content (AvgIpc) is 2.93. The Morgan fingerprint density at radius 3 is 2.35 bits per heavy atom. The molecule has 188 valence electrons. The van der Waals surface area contributed by atoms with Gasteiger partial charge in [-0.25, -0.2) is 4.39 Å². The minimum atomic E-state index is -0.322. The van der Waals surface area contributed by atoms with Crippen LogP contribution in [0.25, 0.3) is 0 Å². The highest BCUT2D eigenvalue weighted by atomic mass is 19.1. The third-order valence-electron chi connectivity index (χ3n) is 7.33. The topological polar surface area (TPSA) is 36.4 Å². The largest absolute Gasteiger partial charge is 0.307 e. The third kappa shape index (κ3) is 5.47. The van der Waals surface area contributed by atoms with Crippen molar-refractivity contribution in [2.75, 3.05) is 11.9 Å². The Balaban J connectivity index is 1.41. The van der Waals surface area contributed by atoms with Crippen molar-refractivity contribution in [3.8, 4) is 0 Å². The van der Waals surface area contributed by atoms with Crippen LogP contribution in [0.1, 0.15) is 47.2 Å². The van der Waals surface area contributed by atoms with E-state index in [0.717, 1.165) is 24.2 Å². The van der Waals surface area contributed by atoms with Crippen LogP contribution in [0.5, 0.6) is 0 Å². The maximum atomic E-state index is 14.0. The van der Waals surface area contributed by atoms with Gasteiger partial charge in [-0.05, 0) is 72.5 Å². The van der Waals surface area contributed by atoms with Crippen LogP contribution in [-0.4, -0.2) is 28.9 Å². The number of hydrogen-bond donors (Lipinski definition) is 0. The van der Waals surface area contributed by atoms with E-state index in [-0.39, 0.29) is 23.7 Å². The van der Waals surface area contributed by atoms with Gasteiger partial charge in [0.05, 0.1) is 12.6 Å². The van der Waals surface area contributed by atoms with Gasteiger partial charge in [-0.2, -0.15) is 0 Å². The van der Waals surface area contributed by atoms with E-state index >= 15 is 0 Å². The van der Waals surface area contributed by atoms with Crippen LogP contribution in [0.4, 0.5) is 10.1 Å². The number of fused-ring (bicyclic) bond motifs is 1. The summed E-state index contributed by atoms with van der Waals surface area (Å²) in [6, 6.07) is 28.7. The zero-order chi connectivity index (χ0) is 25.8. The van der Waals surface area contributed by atoms with Gasteiger partial charge in [0.1, 0.15) is 5.82 Å². The molecule has 2 atom stereocenters. The van der Waals surface area contributed by atoms with E-state index in [1.54, 1.807) is 17.0 Å². The normalized spacial score (nSPS) is 16.1. The molecule has 0 fully saturated rings. The predicted octanol–water partition coefficient (Wildman–Crippen LogP) is 6.35. The second kappa shape index (κ2) is 11.1. The van der Waals surface area contributed by atoms with Crippen LogP contribution in [0.2, 0.25) is 0 Å². The van der Waals surface area contributed by atoms with E-state index < -0.39 is 0 Å². The number of hydrogen-bond acceptors (Lipinski definition) is 3. The molecule has 1 amide bonds. The van der Waals surface area contributed by atoms with E-state index in [9.17, 15) is 9.18 Å². The highest BCUT2D eigenvalue weighted by molar-refractivity contribution is 5.97. The lowest BCUT2D eigenvalue weighted by atomic mass is 9.92. The minimum absolute atomic E-state index is 0.00316. The quantitative estimate of drug-likeness (QED) is 0.301. The molecule has 0 saturated carbocycles. The lowest BCUT2D eigenvalue weighted by molar-refractivity contribution is -0.124. The van der Waals surface area contributed by atoms with Gasteiger partial charge in [0.2, 0.25) is 5.91 Å². The van der Waals surface area contributed by atoms with E-state index in [2.05, 4.69) is 60.4 Å². The number of halogens is 1. The van der Waals surface area contributed by atoms with Crippen molar-refractivity contribution in [1.29, 1.82) is 0 Å². The molecule has 5 rings (SSSR count). The molecule has 1 aliphatic heterocycles. The number of carbonyl (C=O) groups is 1. The highest BCUT2D eigenvalue weighted by Crippen LogP contribution is 2.28. The fourth-order valence-corrected chi connectivity index (χ4v) is 5.25. The van der Waals surface area contributed by atoms with Gasteiger partial charge in [0.25, 0.3) is 0 Å². The number of amides is 1. The minimum Gasteiger partial charge on any atom is -0.307 e. The van der Waals surface area contributed by atoms with Gasteiger partial charge in [-0.15, -0.1) is 0 Å². The summed E-state index contributed by atoms with van der Waals surface area (Å²) in [6.07, 6.45) is 3.46. The Kier molecular flexibility index (Phi) is 7.42. The summed E-state index contributed by atoms with van der Waals surface area (Å²) < 4.78 is 13.7. The molecule has 3 aromatic carbocycles. The number of nitrogens with zero attached hydrogens (tertiary/aromatic N) is 3. The van der Waals surface area contributed by atoms with Crippen LogP contribution in [0.3, 0.4) is 0 Å². The van der Waals surface area contributed by atoms with Crippen molar-refractivity contribution in [3.63, 3.8) is 0 Å². The van der Waals surface area contributed by atoms with Crippen LogP contribution in [-0.2, 0) is 24.3 Å². The highest BCUT2D eigenvalue weighted by Gasteiger charge is 2.33. The van der Waals surface area contributed by atoms with Crippen LogP contribution in [0, 0.1) is 5.82 Å². The number of aromatic nitrogens is 1. The number of likely N-dealkylation sites (N-methyl/N-ethyl adjacent to an activating group) is 1. The lowest BCUT2D eigenvalue weighted by Crippen LogP contribution is -2.50. The fraction of sp³-hybridized carbons (Fsp3) is 0.250. The monoisotopic (exact) mass is 493 g/mol. The van der Waals surface area contributed by atoms with Gasteiger partial charge in [0, 0.05) is 30.0 Å². The molecule has 2 heterocycles. The van der Waals surface area contributed by atoms with Crippen molar-refractivity contribution in [3.05, 3.63) is 131 Å². The number of benzene rings is 3. The molecule has 1 aliphatic rings. The van der Waals surface area contributed by atoms with E-state index in [1.165, 1.54) is 28.8 Å². The maximum Gasteiger partial charge on any atom is 0.244 e. The van der Waals surface area contributed by atoms with Crippen molar-refractivity contribution in [1.82, 2.24) is 9.88 Å². The summed E-state index contributed by atoms with van der Waals surface area (Å²) in [5.74, 6) is -0.0955. The SMILES string of the molecule is CCC(c1ccccc1)c1ccc(CN(C(=O)C2Cc3ccccc3CN2C)c2ccc(F)cc2)cn1. The Morgan fingerprint density at radius 2 is 1.68 bits per heavy atom. The molecule has 37 heavy (non-hydrogen) atoms. The molecule has 4 nitrogen and oxygen atoms in total. The van der Waals surface area contributed by atoms with E-state index in [1.807, 2.05) is 31.4 Å². The fourth-order valence-electron chi connectivity index (χ4n) is 5.25. The first-order valence-electron chi connectivity index (χ1n) is 12.9. The lowest BCUT2D eigenvalue weighted by Gasteiger charge is -2.36. The predicted molar refractivity (Wildman–Crippen MR) is 146 cm³/mol. The summed E-state index contributed by atoms with van der Waals surface area (Å²) in [6.45, 7) is 3.25. The maximum absolute atomic E-state index is 14.0. The smallest absolute Gasteiger partial charge is 0.244 e.